The van der Waals surface area contributed by atoms with Crippen molar-refractivity contribution in [2.45, 2.75) is 13.3 Å². The van der Waals surface area contributed by atoms with E-state index in [-0.39, 0.29) is 0 Å². The highest BCUT2D eigenvalue weighted by Crippen LogP contribution is 2.35. The van der Waals surface area contributed by atoms with Crippen LogP contribution in [0.3, 0.4) is 0 Å². The van der Waals surface area contributed by atoms with E-state index in [4.69, 9.17) is 9.72 Å². The first kappa shape index (κ1) is 21.1. The summed E-state index contributed by atoms with van der Waals surface area (Å²) in [6.07, 6.45) is 3.31. The Bertz CT molecular complexity index is 1070. The molecule has 0 spiro atoms. The third-order valence-electron chi connectivity index (χ3n) is 6.80. The van der Waals surface area contributed by atoms with E-state index < -0.39 is 0 Å². The molecule has 166 valence electrons. The summed E-state index contributed by atoms with van der Waals surface area (Å²) in [5.41, 5.74) is 8.83. The molecule has 0 bridgehead atoms. The zero-order valence-electron chi connectivity index (χ0n) is 19.1. The molecule has 6 heteroatoms. The van der Waals surface area contributed by atoms with Gasteiger partial charge in [-0.15, -0.1) is 0 Å². The molecule has 2 aromatic rings. The number of benzene rings is 1. The lowest BCUT2D eigenvalue weighted by Gasteiger charge is -2.34. The van der Waals surface area contributed by atoms with Crippen LogP contribution in [0.4, 0.5) is 5.69 Å². The van der Waals surface area contributed by atoms with E-state index in [2.05, 4.69) is 59.0 Å². The lowest BCUT2D eigenvalue weighted by atomic mass is 9.99. The normalized spacial score (nSPS) is 19.5. The van der Waals surface area contributed by atoms with Gasteiger partial charge in [-0.05, 0) is 44.2 Å². The number of morpholine rings is 1. The largest absolute Gasteiger partial charge is 0.379 e. The molecule has 6 nitrogen and oxygen atoms in total. The fraction of sp³-hybridized carbons (Fsp3) is 0.462. The van der Waals surface area contributed by atoms with Gasteiger partial charge in [-0.2, -0.15) is 5.26 Å². The Morgan fingerprint density at radius 2 is 1.84 bits per heavy atom. The van der Waals surface area contributed by atoms with Crippen molar-refractivity contribution in [2.75, 3.05) is 71.0 Å². The summed E-state index contributed by atoms with van der Waals surface area (Å²) in [4.78, 5) is 12.0. The standard InChI is InChI=1S/C26H31N5O/c1-19-13-22-14-20(18-30-9-11-32-12-10-30)15-24(22)26(28-19)21-3-4-25(23(16-21)17-27)31-7-5-29(2)6-8-31/h3-4,13,15-16H,5-12,14,18H2,1-2H3. The predicted molar refractivity (Wildman–Crippen MR) is 128 cm³/mol. The zero-order valence-corrected chi connectivity index (χ0v) is 19.1. The first-order valence-electron chi connectivity index (χ1n) is 11.6. The molecule has 0 unspecified atom stereocenters. The molecular formula is C26H31N5O. The molecule has 2 aliphatic heterocycles. The van der Waals surface area contributed by atoms with Gasteiger partial charge in [0.05, 0.1) is 30.2 Å². The summed E-state index contributed by atoms with van der Waals surface area (Å²) in [6.45, 7) is 10.6. The highest BCUT2D eigenvalue weighted by Gasteiger charge is 2.23. The average Bonchev–Trinajstić information content (AvgIpc) is 3.21. The third-order valence-corrected chi connectivity index (χ3v) is 6.80. The quantitative estimate of drug-likeness (QED) is 0.745. The number of rotatable bonds is 4. The zero-order chi connectivity index (χ0) is 22.1. The number of piperazine rings is 1. The van der Waals surface area contributed by atoms with Gasteiger partial charge in [-0.25, -0.2) is 0 Å². The van der Waals surface area contributed by atoms with Crippen LogP contribution in [0.15, 0.2) is 29.8 Å². The summed E-state index contributed by atoms with van der Waals surface area (Å²) in [5, 5.41) is 9.91. The van der Waals surface area contributed by atoms with Crippen LogP contribution in [-0.4, -0.2) is 80.9 Å². The second-order valence-corrected chi connectivity index (χ2v) is 9.19. The molecule has 1 aliphatic carbocycles. The Balaban J connectivity index is 1.45. The number of likely N-dealkylation sites (N-methyl/N-ethyl adjacent to an activating group) is 1. The van der Waals surface area contributed by atoms with Gasteiger partial charge in [0.2, 0.25) is 0 Å². The molecule has 1 aromatic heterocycles. The van der Waals surface area contributed by atoms with E-state index in [1.807, 2.05) is 6.07 Å². The Morgan fingerprint density at radius 3 is 2.59 bits per heavy atom. The minimum Gasteiger partial charge on any atom is -0.379 e. The molecule has 0 saturated carbocycles. The number of hydrogen-bond acceptors (Lipinski definition) is 6. The van der Waals surface area contributed by atoms with Crippen molar-refractivity contribution in [3.05, 3.63) is 52.2 Å². The minimum absolute atomic E-state index is 0.736. The van der Waals surface area contributed by atoms with E-state index >= 15 is 0 Å². The smallest absolute Gasteiger partial charge is 0.101 e. The fourth-order valence-corrected chi connectivity index (χ4v) is 5.02. The van der Waals surface area contributed by atoms with Gasteiger partial charge in [-0.1, -0.05) is 17.7 Å². The number of nitriles is 1. The minimum atomic E-state index is 0.736. The van der Waals surface area contributed by atoms with Crippen molar-refractivity contribution >= 4 is 11.8 Å². The van der Waals surface area contributed by atoms with Crippen LogP contribution < -0.4 is 4.90 Å². The predicted octanol–water partition coefficient (Wildman–Crippen LogP) is 2.95. The monoisotopic (exact) mass is 429 g/mol. The van der Waals surface area contributed by atoms with Crippen molar-refractivity contribution < 1.29 is 4.74 Å². The maximum absolute atomic E-state index is 9.91. The molecular weight excluding hydrogens is 398 g/mol. The van der Waals surface area contributed by atoms with Gasteiger partial charge in [0.15, 0.2) is 0 Å². The van der Waals surface area contributed by atoms with E-state index in [0.717, 1.165) is 93.7 Å². The molecule has 1 aromatic carbocycles. The maximum atomic E-state index is 9.91. The van der Waals surface area contributed by atoms with Crippen LogP contribution in [0.1, 0.15) is 22.4 Å². The molecule has 0 N–H and O–H groups in total. The van der Waals surface area contributed by atoms with Gasteiger partial charge in [0, 0.05) is 62.6 Å². The fourth-order valence-electron chi connectivity index (χ4n) is 5.02. The topological polar surface area (TPSA) is 55.6 Å². The second-order valence-electron chi connectivity index (χ2n) is 9.19. The van der Waals surface area contributed by atoms with Crippen LogP contribution in [0.5, 0.6) is 0 Å². The van der Waals surface area contributed by atoms with Crippen LogP contribution in [0.2, 0.25) is 0 Å². The van der Waals surface area contributed by atoms with Crippen molar-refractivity contribution in [1.82, 2.24) is 14.8 Å². The molecule has 0 amide bonds. The summed E-state index contributed by atoms with van der Waals surface area (Å²) >= 11 is 0. The lowest BCUT2D eigenvalue weighted by Crippen LogP contribution is -2.44. The van der Waals surface area contributed by atoms with Gasteiger partial charge in [0.1, 0.15) is 6.07 Å². The summed E-state index contributed by atoms with van der Waals surface area (Å²) in [6, 6.07) is 10.9. The number of anilines is 1. The average molecular weight is 430 g/mol. The summed E-state index contributed by atoms with van der Waals surface area (Å²) < 4.78 is 5.50. The third kappa shape index (κ3) is 4.29. The highest BCUT2D eigenvalue weighted by molar-refractivity contribution is 5.80. The Morgan fingerprint density at radius 1 is 1.06 bits per heavy atom. The highest BCUT2D eigenvalue weighted by atomic mass is 16.5. The Hall–Kier alpha value is -2.72. The molecule has 2 saturated heterocycles. The summed E-state index contributed by atoms with van der Waals surface area (Å²) in [5.74, 6) is 0. The number of pyridine rings is 1. The summed E-state index contributed by atoms with van der Waals surface area (Å²) in [7, 11) is 2.15. The van der Waals surface area contributed by atoms with E-state index in [1.165, 1.54) is 16.7 Å². The molecule has 3 aliphatic rings. The number of fused-ring (bicyclic) bond motifs is 1. The van der Waals surface area contributed by atoms with Crippen LogP contribution in [0, 0.1) is 18.3 Å². The SMILES string of the molecule is Cc1cc2c(c(-c3ccc(N4CCN(C)CC4)c(C#N)c3)n1)C=C(CN1CCOCC1)C2. The molecule has 2 fully saturated rings. The van der Waals surface area contributed by atoms with Gasteiger partial charge >= 0.3 is 0 Å². The Kier molecular flexibility index (Phi) is 5.97. The van der Waals surface area contributed by atoms with Crippen molar-refractivity contribution in [2.24, 2.45) is 0 Å². The molecule has 32 heavy (non-hydrogen) atoms. The molecule has 0 atom stereocenters. The number of nitrogens with zero attached hydrogens (tertiary/aromatic N) is 5. The number of hydrogen-bond donors (Lipinski definition) is 0. The molecule has 0 radical (unpaired) electrons. The van der Waals surface area contributed by atoms with E-state index in [9.17, 15) is 5.26 Å². The van der Waals surface area contributed by atoms with Gasteiger partial charge in [-0.3, -0.25) is 9.88 Å². The first-order valence-corrected chi connectivity index (χ1v) is 11.6. The van der Waals surface area contributed by atoms with Crippen molar-refractivity contribution in [3.8, 4) is 17.3 Å². The molecule has 3 heterocycles. The number of aryl methyl sites for hydroxylation is 1. The van der Waals surface area contributed by atoms with Crippen LogP contribution >= 0.6 is 0 Å². The van der Waals surface area contributed by atoms with Crippen LogP contribution in [-0.2, 0) is 11.2 Å². The first-order chi connectivity index (χ1) is 15.6. The van der Waals surface area contributed by atoms with Crippen molar-refractivity contribution in [3.63, 3.8) is 0 Å². The van der Waals surface area contributed by atoms with Gasteiger partial charge in [0.25, 0.3) is 0 Å². The second kappa shape index (κ2) is 9.03. The maximum Gasteiger partial charge on any atom is 0.101 e. The van der Waals surface area contributed by atoms with E-state index in [0.29, 0.717) is 0 Å². The van der Waals surface area contributed by atoms with E-state index in [1.54, 1.807) is 0 Å². The van der Waals surface area contributed by atoms with Gasteiger partial charge < -0.3 is 14.5 Å². The lowest BCUT2D eigenvalue weighted by molar-refractivity contribution is 0.0422. The Labute approximate surface area is 190 Å². The van der Waals surface area contributed by atoms with Crippen LogP contribution in [0.25, 0.3) is 17.3 Å². The number of ether oxygens (including phenoxy) is 1. The molecule has 5 rings (SSSR count). The number of aromatic nitrogens is 1. The van der Waals surface area contributed by atoms with Crippen molar-refractivity contribution in [1.29, 1.82) is 5.26 Å².